The monoisotopic (exact) mass is 612 g/mol. The van der Waals surface area contributed by atoms with E-state index in [9.17, 15) is 34.4 Å². The number of esters is 4. The average Bonchev–Trinajstić information content (AvgIpc) is 3.23. The van der Waals surface area contributed by atoms with Gasteiger partial charge in [0.25, 0.3) is 5.69 Å². The molecule has 3 aromatic rings. The summed E-state index contributed by atoms with van der Waals surface area (Å²) in [4.78, 5) is 58.6. The molecule has 232 valence electrons. The smallest absolute Gasteiger partial charge is 0.303 e. The van der Waals surface area contributed by atoms with Gasteiger partial charge in [-0.1, -0.05) is 18.2 Å². The number of aromatic nitrogens is 1. The van der Waals surface area contributed by atoms with Gasteiger partial charge in [0.05, 0.1) is 16.1 Å². The number of non-ortho nitro benzene ring substituents is 1. The predicted octanol–water partition coefficient (Wildman–Crippen LogP) is 3.93. The minimum Gasteiger partial charge on any atom is -0.493 e. The average molecular weight is 613 g/mol. The molecule has 0 amide bonds. The van der Waals surface area contributed by atoms with Gasteiger partial charge >= 0.3 is 23.9 Å². The van der Waals surface area contributed by atoms with E-state index in [-0.39, 0.29) is 17.1 Å². The normalized spacial score (nSPS) is 21.5. The second-order valence-corrected chi connectivity index (χ2v) is 9.62. The number of aromatic hydroxyl groups is 1. The third kappa shape index (κ3) is 6.97. The SMILES string of the molecule is CC(=O)OC[C@H]1O[C@@H](n2c(O)c(N=Nc3ccc([N+](=O)[O-])cc3)c3ccccc32)[C@@H](OC(C)=O)[C@@H](OC(C)=O)[C@@H]1OC(C)=O. The Hall–Kier alpha value is -5.38. The minimum atomic E-state index is -1.49. The van der Waals surface area contributed by atoms with Crippen LogP contribution in [0.3, 0.4) is 0 Å². The van der Waals surface area contributed by atoms with E-state index in [0.717, 1.165) is 27.7 Å². The second kappa shape index (κ2) is 13.3. The second-order valence-electron chi connectivity index (χ2n) is 9.62. The van der Waals surface area contributed by atoms with Crippen molar-refractivity contribution in [3.63, 3.8) is 0 Å². The zero-order valence-electron chi connectivity index (χ0n) is 23.9. The Morgan fingerprint density at radius 2 is 1.45 bits per heavy atom. The van der Waals surface area contributed by atoms with Gasteiger partial charge in [0.15, 0.2) is 30.2 Å². The molecule has 2 aromatic carbocycles. The molecule has 0 spiro atoms. The van der Waals surface area contributed by atoms with Crippen molar-refractivity contribution in [2.24, 2.45) is 10.2 Å². The van der Waals surface area contributed by atoms with Gasteiger partial charge in [-0.3, -0.25) is 33.9 Å². The Kier molecular flexibility index (Phi) is 9.53. The minimum absolute atomic E-state index is 0.0354. The maximum atomic E-state index is 12.3. The molecule has 0 bridgehead atoms. The summed E-state index contributed by atoms with van der Waals surface area (Å²) < 4.78 is 29.0. The summed E-state index contributed by atoms with van der Waals surface area (Å²) in [6.07, 6.45) is -7.04. The van der Waals surface area contributed by atoms with Gasteiger partial charge in [-0.05, 0) is 18.2 Å². The van der Waals surface area contributed by atoms with Gasteiger partial charge in [0.1, 0.15) is 12.7 Å². The highest BCUT2D eigenvalue weighted by Gasteiger charge is 2.53. The van der Waals surface area contributed by atoms with Gasteiger partial charge < -0.3 is 28.8 Å². The van der Waals surface area contributed by atoms with Crippen LogP contribution in [-0.2, 0) is 42.9 Å². The van der Waals surface area contributed by atoms with Crippen LogP contribution in [0.25, 0.3) is 10.9 Å². The van der Waals surface area contributed by atoms with E-state index in [1.54, 1.807) is 24.3 Å². The number of hydrogen-bond acceptors (Lipinski definition) is 14. The predicted molar refractivity (Wildman–Crippen MR) is 148 cm³/mol. The van der Waals surface area contributed by atoms with Crippen molar-refractivity contribution in [1.82, 2.24) is 4.57 Å². The number of rotatable bonds is 9. The molecule has 1 fully saturated rings. The molecule has 1 aliphatic rings. The third-order valence-corrected chi connectivity index (χ3v) is 6.41. The number of benzene rings is 2. The standard InChI is InChI=1S/C28H28N4O12/c1-14(33)40-13-22-24(41-15(2)34)25(42-16(3)35)26(43-17(4)36)28(44-22)31-21-8-6-5-7-20(21)23(27(31)37)30-29-18-9-11-19(12-10-18)32(38)39/h5-12,22,24-26,28,37H,13H2,1-4H3/t22-,24-,25+,26+,28-/m1/s1. The highest BCUT2D eigenvalue weighted by atomic mass is 16.7. The van der Waals surface area contributed by atoms with Crippen molar-refractivity contribution in [3.05, 3.63) is 58.6 Å². The van der Waals surface area contributed by atoms with Gasteiger partial charge in [-0.15, -0.1) is 5.11 Å². The fraction of sp³-hybridized carbons (Fsp3) is 0.357. The molecule has 16 heteroatoms. The Morgan fingerprint density at radius 1 is 0.864 bits per heavy atom. The molecule has 16 nitrogen and oxygen atoms in total. The highest BCUT2D eigenvalue weighted by molar-refractivity contribution is 5.95. The van der Waals surface area contributed by atoms with Crippen LogP contribution in [0.2, 0.25) is 0 Å². The van der Waals surface area contributed by atoms with E-state index in [4.69, 9.17) is 23.7 Å². The maximum absolute atomic E-state index is 12.3. The third-order valence-electron chi connectivity index (χ3n) is 6.41. The number of azo groups is 1. The summed E-state index contributed by atoms with van der Waals surface area (Å²) in [5.41, 5.74) is 0.390. The summed E-state index contributed by atoms with van der Waals surface area (Å²) >= 11 is 0. The highest BCUT2D eigenvalue weighted by Crippen LogP contribution is 2.45. The molecule has 1 saturated heterocycles. The van der Waals surface area contributed by atoms with E-state index in [0.29, 0.717) is 10.9 Å². The molecule has 1 N–H and O–H groups in total. The Bertz CT molecular complexity index is 1620. The fourth-order valence-corrected chi connectivity index (χ4v) is 4.75. The van der Waals surface area contributed by atoms with Crippen molar-refractivity contribution in [3.8, 4) is 5.88 Å². The van der Waals surface area contributed by atoms with Gasteiger partial charge in [-0.25, -0.2) is 0 Å². The number of nitro groups is 1. The Morgan fingerprint density at radius 3 is 2.05 bits per heavy atom. The van der Waals surface area contributed by atoms with Crippen LogP contribution >= 0.6 is 0 Å². The van der Waals surface area contributed by atoms with Crippen LogP contribution in [0.1, 0.15) is 33.9 Å². The van der Waals surface area contributed by atoms with E-state index < -0.39 is 71.9 Å². The van der Waals surface area contributed by atoms with Crippen LogP contribution in [-0.4, -0.2) is 69.5 Å². The number of para-hydroxylation sites is 1. The van der Waals surface area contributed by atoms with Crippen molar-refractivity contribution < 1.29 is 52.9 Å². The Balaban J connectivity index is 1.87. The number of hydrogen-bond donors (Lipinski definition) is 1. The van der Waals surface area contributed by atoms with Crippen LogP contribution in [0.15, 0.2) is 58.8 Å². The number of nitro benzene ring substituents is 1. The first kappa shape index (κ1) is 31.6. The van der Waals surface area contributed by atoms with E-state index in [1.807, 2.05) is 0 Å². The molecule has 2 heterocycles. The van der Waals surface area contributed by atoms with Crippen molar-refractivity contribution in [1.29, 1.82) is 0 Å². The van der Waals surface area contributed by atoms with Gasteiger partial charge in [0.2, 0.25) is 5.88 Å². The van der Waals surface area contributed by atoms with E-state index in [1.165, 1.54) is 28.8 Å². The number of nitrogens with zero attached hydrogens (tertiary/aromatic N) is 4. The molecule has 0 radical (unpaired) electrons. The van der Waals surface area contributed by atoms with E-state index >= 15 is 0 Å². The summed E-state index contributed by atoms with van der Waals surface area (Å²) in [6.45, 7) is 4.00. The number of carbonyl (C=O) groups excluding carboxylic acids is 4. The zero-order valence-corrected chi connectivity index (χ0v) is 23.9. The molecule has 0 saturated carbocycles. The van der Waals surface area contributed by atoms with Crippen LogP contribution in [0, 0.1) is 10.1 Å². The Labute approximate surface area is 249 Å². The van der Waals surface area contributed by atoms with Gasteiger partial charge in [0, 0.05) is 45.2 Å². The topological polar surface area (TPSA) is 207 Å². The lowest BCUT2D eigenvalue weighted by atomic mass is 9.97. The first-order valence-electron chi connectivity index (χ1n) is 13.2. The lowest BCUT2D eigenvalue weighted by Crippen LogP contribution is -2.60. The molecule has 1 aliphatic heterocycles. The molecule has 0 unspecified atom stereocenters. The summed E-state index contributed by atoms with van der Waals surface area (Å²) in [5, 5.41) is 31.1. The lowest BCUT2D eigenvalue weighted by Gasteiger charge is -2.44. The molecule has 1 aromatic heterocycles. The molecule has 5 atom stereocenters. The first-order valence-corrected chi connectivity index (χ1v) is 13.2. The van der Waals surface area contributed by atoms with Crippen molar-refractivity contribution in [2.75, 3.05) is 6.61 Å². The number of carbonyl (C=O) groups is 4. The summed E-state index contributed by atoms with van der Waals surface area (Å²) in [7, 11) is 0. The summed E-state index contributed by atoms with van der Waals surface area (Å²) in [6, 6.07) is 11.8. The van der Waals surface area contributed by atoms with E-state index in [2.05, 4.69) is 10.2 Å². The van der Waals surface area contributed by atoms with Gasteiger partial charge in [-0.2, -0.15) is 5.11 Å². The largest absolute Gasteiger partial charge is 0.493 e. The summed E-state index contributed by atoms with van der Waals surface area (Å²) in [5.74, 6) is -3.59. The molecule has 0 aliphatic carbocycles. The van der Waals surface area contributed by atoms with Crippen LogP contribution in [0.5, 0.6) is 5.88 Å². The number of fused-ring (bicyclic) bond motifs is 1. The molecular formula is C28H28N4O12. The van der Waals surface area contributed by atoms with Crippen LogP contribution in [0.4, 0.5) is 17.1 Å². The molecular weight excluding hydrogens is 584 g/mol. The quantitative estimate of drug-likeness (QED) is 0.120. The van der Waals surface area contributed by atoms with Crippen LogP contribution < -0.4 is 0 Å². The number of ether oxygens (including phenoxy) is 5. The lowest BCUT2D eigenvalue weighted by molar-refractivity contribution is -0.384. The van der Waals surface area contributed by atoms with Crippen molar-refractivity contribution in [2.45, 2.75) is 58.3 Å². The van der Waals surface area contributed by atoms with Crippen molar-refractivity contribution >= 4 is 51.8 Å². The first-order chi connectivity index (χ1) is 20.9. The zero-order chi connectivity index (χ0) is 32.1. The fourth-order valence-electron chi connectivity index (χ4n) is 4.75. The molecule has 4 rings (SSSR count). The molecule has 44 heavy (non-hydrogen) atoms. The maximum Gasteiger partial charge on any atom is 0.303 e.